The summed E-state index contributed by atoms with van der Waals surface area (Å²) >= 11 is 0. The minimum atomic E-state index is -0.523. The molecule has 0 aromatic heterocycles. The molecule has 3 aromatic rings. The van der Waals surface area contributed by atoms with Crippen LogP contribution < -0.4 is 9.47 Å². The lowest BCUT2D eigenvalue weighted by Gasteiger charge is -2.11. The molecule has 0 aliphatic carbocycles. The molecule has 0 aliphatic heterocycles. The Bertz CT molecular complexity index is 995. The number of carbonyl (C=O) groups is 2. The first kappa shape index (κ1) is 20.1. The summed E-state index contributed by atoms with van der Waals surface area (Å²) in [6.07, 6.45) is 0.607. The zero-order valence-electron chi connectivity index (χ0n) is 16.4. The number of ether oxygens (including phenoxy) is 3. The Morgan fingerprint density at radius 3 is 2.21 bits per heavy atom. The monoisotopic (exact) mass is 390 g/mol. The first-order valence-electron chi connectivity index (χ1n) is 9.16. The number of esters is 1. The molecule has 0 spiro atoms. The lowest BCUT2D eigenvalue weighted by atomic mass is 10.00. The minimum absolute atomic E-state index is 0.320. The standard InChI is InChI=1S/C24H22O5/c1-27-22-13-12-19(15-23(22)28-2)21(25)16-29-24(26)20-11-7-6-10-18(20)14-17-8-4-3-5-9-17/h3-13,15H,14,16H2,1-2H3. The van der Waals surface area contributed by atoms with Crippen LogP contribution in [0, 0.1) is 0 Å². The molecule has 0 saturated carbocycles. The van der Waals surface area contributed by atoms with Gasteiger partial charge in [0.2, 0.25) is 0 Å². The summed E-state index contributed by atoms with van der Waals surface area (Å²) in [6.45, 7) is -0.353. The first-order valence-corrected chi connectivity index (χ1v) is 9.16. The molecule has 3 rings (SSSR count). The highest BCUT2D eigenvalue weighted by molar-refractivity contribution is 6.00. The van der Waals surface area contributed by atoms with Crippen LogP contribution in [0.4, 0.5) is 0 Å². The third kappa shape index (κ3) is 5.02. The van der Waals surface area contributed by atoms with Crippen molar-refractivity contribution in [3.05, 3.63) is 95.1 Å². The second-order valence-electron chi connectivity index (χ2n) is 6.39. The van der Waals surface area contributed by atoms with Gasteiger partial charge in [-0.1, -0.05) is 48.5 Å². The summed E-state index contributed by atoms with van der Waals surface area (Å²) in [7, 11) is 3.02. The van der Waals surface area contributed by atoms with Crippen molar-refractivity contribution in [2.75, 3.05) is 20.8 Å². The van der Waals surface area contributed by atoms with Gasteiger partial charge in [0.1, 0.15) is 0 Å². The number of Topliss-reactive ketones (excluding diaryl/α,β-unsaturated/α-hetero) is 1. The predicted molar refractivity (Wildman–Crippen MR) is 110 cm³/mol. The van der Waals surface area contributed by atoms with Gasteiger partial charge in [-0.2, -0.15) is 0 Å². The summed E-state index contributed by atoms with van der Waals surface area (Å²) in [5, 5.41) is 0. The molecule has 0 fully saturated rings. The second kappa shape index (κ2) is 9.55. The Hall–Kier alpha value is -3.60. The van der Waals surface area contributed by atoms with Crippen LogP contribution in [0.5, 0.6) is 11.5 Å². The fourth-order valence-corrected chi connectivity index (χ4v) is 2.99. The number of hydrogen-bond acceptors (Lipinski definition) is 5. The van der Waals surface area contributed by atoms with Gasteiger partial charge in [0.15, 0.2) is 23.9 Å². The minimum Gasteiger partial charge on any atom is -0.493 e. The van der Waals surface area contributed by atoms with E-state index in [-0.39, 0.29) is 12.4 Å². The zero-order chi connectivity index (χ0) is 20.6. The molecule has 0 N–H and O–H groups in total. The fraction of sp³-hybridized carbons (Fsp3) is 0.167. The number of hydrogen-bond donors (Lipinski definition) is 0. The van der Waals surface area contributed by atoms with Crippen LogP contribution in [-0.2, 0) is 11.2 Å². The van der Waals surface area contributed by atoms with E-state index in [1.807, 2.05) is 42.5 Å². The van der Waals surface area contributed by atoms with Gasteiger partial charge in [-0.3, -0.25) is 4.79 Å². The van der Waals surface area contributed by atoms with Crippen LogP contribution in [0.3, 0.4) is 0 Å². The highest BCUT2D eigenvalue weighted by Gasteiger charge is 2.16. The normalized spacial score (nSPS) is 10.3. The Labute approximate surface area is 169 Å². The van der Waals surface area contributed by atoms with Crippen LogP contribution in [0.15, 0.2) is 72.8 Å². The molecule has 0 aliphatic rings. The third-order valence-corrected chi connectivity index (χ3v) is 4.51. The van der Waals surface area contributed by atoms with Crippen LogP contribution >= 0.6 is 0 Å². The topological polar surface area (TPSA) is 61.8 Å². The molecule has 0 heterocycles. The van der Waals surface area contributed by atoms with Gasteiger partial charge in [0.05, 0.1) is 19.8 Å². The lowest BCUT2D eigenvalue weighted by Crippen LogP contribution is -2.15. The third-order valence-electron chi connectivity index (χ3n) is 4.51. The van der Waals surface area contributed by atoms with E-state index in [0.717, 1.165) is 11.1 Å². The number of methoxy groups -OCH3 is 2. The molecule has 0 radical (unpaired) electrons. The summed E-state index contributed by atoms with van der Waals surface area (Å²) in [5.41, 5.74) is 2.78. The smallest absolute Gasteiger partial charge is 0.338 e. The molecule has 5 nitrogen and oxygen atoms in total. The van der Waals surface area contributed by atoms with Crippen LogP contribution in [0.1, 0.15) is 31.8 Å². The van der Waals surface area contributed by atoms with E-state index in [0.29, 0.717) is 29.0 Å². The second-order valence-corrected chi connectivity index (χ2v) is 6.39. The average Bonchev–Trinajstić information content (AvgIpc) is 2.77. The Morgan fingerprint density at radius 2 is 1.48 bits per heavy atom. The molecule has 0 amide bonds. The highest BCUT2D eigenvalue weighted by Crippen LogP contribution is 2.27. The van der Waals surface area contributed by atoms with Crippen molar-refractivity contribution >= 4 is 11.8 Å². The number of benzene rings is 3. The summed E-state index contributed by atoms with van der Waals surface area (Å²) < 4.78 is 15.7. The molecule has 0 unspecified atom stereocenters. The SMILES string of the molecule is COc1ccc(C(=O)COC(=O)c2ccccc2Cc2ccccc2)cc1OC. The van der Waals surface area contributed by atoms with Crippen LogP contribution in [0.2, 0.25) is 0 Å². The van der Waals surface area contributed by atoms with Gasteiger partial charge in [-0.25, -0.2) is 4.79 Å². The molecule has 0 atom stereocenters. The maximum absolute atomic E-state index is 12.6. The molecule has 3 aromatic carbocycles. The van der Waals surface area contributed by atoms with E-state index in [4.69, 9.17) is 14.2 Å². The van der Waals surface area contributed by atoms with Gasteiger partial charge in [-0.15, -0.1) is 0 Å². The molecule has 0 saturated heterocycles. The Kier molecular flexibility index (Phi) is 6.63. The van der Waals surface area contributed by atoms with Gasteiger partial charge in [-0.05, 0) is 41.8 Å². The first-order chi connectivity index (χ1) is 14.1. The highest BCUT2D eigenvalue weighted by atomic mass is 16.5. The van der Waals surface area contributed by atoms with Crippen molar-refractivity contribution in [1.82, 2.24) is 0 Å². The molecule has 148 valence electrons. The van der Waals surface area contributed by atoms with E-state index in [2.05, 4.69) is 0 Å². The number of carbonyl (C=O) groups excluding carboxylic acids is 2. The molecule has 0 bridgehead atoms. The van der Waals surface area contributed by atoms with Crippen molar-refractivity contribution in [3.63, 3.8) is 0 Å². The summed E-state index contributed by atoms with van der Waals surface area (Å²) in [4.78, 5) is 25.0. The van der Waals surface area contributed by atoms with E-state index in [1.165, 1.54) is 14.2 Å². The fourth-order valence-electron chi connectivity index (χ4n) is 2.99. The van der Waals surface area contributed by atoms with Gasteiger partial charge >= 0.3 is 5.97 Å². The molecular weight excluding hydrogens is 368 g/mol. The quantitative estimate of drug-likeness (QED) is 0.423. The van der Waals surface area contributed by atoms with Crippen LogP contribution in [0.25, 0.3) is 0 Å². The number of ketones is 1. The average molecular weight is 390 g/mol. The maximum Gasteiger partial charge on any atom is 0.338 e. The van der Waals surface area contributed by atoms with E-state index < -0.39 is 5.97 Å². The van der Waals surface area contributed by atoms with Crippen molar-refractivity contribution in [3.8, 4) is 11.5 Å². The molecule has 5 heteroatoms. The van der Waals surface area contributed by atoms with Gasteiger partial charge in [0, 0.05) is 5.56 Å². The van der Waals surface area contributed by atoms with Crippen molar-refractivity contribution < 1.29 is 23.8 Å². The molecular formula is C24H22O5. The van der Waals surface area contributed by atoms with E-state index in [9.17, 15) is 9.59 Å². The van der Waals surface area contributed by atoms with E-state index >= 15 is 0 Å². The Morgan fingerprint density at radius 1 is 0.793 bits per heavy atom. The summed E-state index contributed by atoms with van der Waals surface area (Å²) in [6, 6.07) is 21.9. The lowest BCUT2D eigenvalue weighted by molar-refractivity contribution is 0.0473. The maximum atomic E-state index is 12.6. The molecule has 29 heavy (non-hydrogen) atoms. The van der Waals surface area contributed by atoms with Crippen molar-refractivity contribution in [2.24, 2.45) is 0 Å². The largest absolute Gasteiger partial charge is 0.493 e. The van der Waals surface area contributed by atoms with Gasteiger partial charge in [0.25, 0.3) is 0 Å². The zero-order valence-corrected chi connectivity index (χ0v) is 16.4. The number of rotatable bonds is 8. The van der Waals surface area contributed by atoms with Crippen molar-refractivity contribution in [1.29, 1.82) is 0 Å². The summed E-state index contributed by atoms with van der Waals surface area (Å²) in [5.74, 6) is 0.124. The predicted octanol–water partition coefficient (Wildman–Crippen LogP) is 4.33. The van der Waals surface area contributed by atoms with Crippen LogP contribution in [-0.4, -0.2) is 32.6 Å². The van der Waals surface area contributed by atoms with E-state index in [1.54, 1.807) is 30.3 Å². The Balaban J connectivity index is 1.69. The van der Waals surface area contributed by atoms with Gasteiger partial charge < -0.3 is 14.2 Å². The van der Waals surface area contributed by atoms with Crippen molar-refractivity contribution in [2.45, 2.75) is 6.42 Å².